The Hall–Kier alpha value is -3.35. The van der Waals surface area contributed by atoms with E-state index in [4.69, 9.17) is 9.47 Å². The van der Waals surface area contributed by atoms with Crippen molar-refractivity contribution in [2.24, 2.45) is 0 Å². The maximum atomic E-state index is 12.9. The molecule has 0 heterocycles. The second-order valence-electron chi connectivity index (χ2n) is 8.75. The van der Waals surface area contributed by atoms with Gasteiger partial charge in [0.2, 0.25) is 0 Å². The molecule has 7 heteroatoms. The van der Waals surface area contributed by atoms with Crippen LogP contribution in [0.3, 0.4) is 0 Å². The molecule has 0 aliphatic heterocycles. The predicted octanol–water partition coefficient (Wildman–Crippen LogP) is 4.79. The summed E-state index contributed by atoms with van der Waals surface area (Å²) in [6, 6.07) is 11.0. The molecule has 0 saturated heterocycles. The van der Waals surface area contributed by atoms with Crippen molar-refractivity contribution in [2.75, 3.05) is 6.54 Å². The molecule has 0 aliphatic carbocycles. The van der Waals surface area contributed by atoms with E-state index in [0.29, 0.717) is 16.7 Å². The molecular formula is C25H31NO6. The average molecular weight is 442 g/mol. The van der Waals surface area contributed by atoms with Crippen LogP contribution < -0.4 is 0 Å². The van der Waals surface area contributed by atoms with Crippen LogP contribution in [0.5, 0.6) is 0 Å². The number of amides is 1. The van der Waals surface area contributed by atoms with E-state index in [1.807, 2.05) is 37.3 Å². The van der Waals surface area contributed by atoms with Gasteiger partial charge in [-0.25, -0.2) is 9.59 Å². The lowest BCUT2D eigenvalue weighted by Gasteiger charge is -2.34. The molecule has 2 aromatic carbocycles. The van der Waals surface area contributed by atoms with Crippen molar-refractivity contribution >= 4 is 18.0 Å². The average Bonchev–Trinajstić information content (AvgIpc) is 2.69. The number of carbonyl (C=O) groups excluding carboxylic acids is 2. The Balaban J connectivity index is 2.10. The Morgan fingerprint density at radius 2 is 1.56 bits per heavy atom. The van der Waals surface area contributed by atoms with Crippen molar-refractivity contribution in [3.05, 3.63) is 69.8 Å². The zero-order valence-corrected chi connectivity index (χ0v) is 19.5. The number of ether oxygens (including phenoxy) is 2. The molecule has 0 aromatic heterocycles. The quantitative estimate of drug-likeness (QED) is 0.621. The van der Waals surface area contributed by atoms with Crippen LogP contribution in [0.25, 0.3) is 0 Å². The fraction of sp³-hybridized carbons (Fsp3) is 0.400. The molecule has 0 atom stereocenters. The van der Waals surface area contributed by atoms with E-state index >= 15 is 0 Å². The van der Waals surface area contributed by atoms with Gasteiger partial charge in [0.15, 0.2) is 0 Å². The fourth-order valence-corrected chi connectivity index (χ4v) is 3.48. The summed E-state index contributed by atoms with van der Waals surface area (Å²) >= 11 is 0. The van der Waals surface area contributed by atoms with E-state index in [-0.39, 0.29) is 25.3 Å². The first kappa shape index (κ1) is 24.9. The van der Waals surface area contributed by atoms with E-state index in [1.54, 1.807) is 40.7 Å². The van der Waals surface area contributed by atoms with Gasteiger partial charge in [0.05, 0.1) is 5.56 Å². The highest BCUT2D eigenvalue weighted by atomic mass is 16.6. The van der Waals surface area contributed by atoms with Gasteiger partial charge in [-0.1, -0.05) is 36.4 Å². The number of esters is 1. The van der Waals surface area contributed by atoms with E-state index in [1.165, 1.54) is 4.90 Å². The first-order valence-electron chi connectivity index (χ1n) is 10.4. The zero-order valence-electron chi connectivity index (χ0n) is 19.5. The molecule has 0 spiro atoms. The molecule has 0 fully saturated rings. The number of aromatic carboxylic acids is 1. The summed E-state index contributed by atoms with van der Waals surface area (Å²) in [6.45, 7) is 10.4. The molecule has 32 heavy (non-hydrogen) atoms. The molecule has 2 rings (SSSR count). The summed E-state index contributed by atoms with van der Waals surface area (Å²) in [5.41, 5.74) is 3.06. The first-order valence-corrected chi connectivity index (χ1v) is 10.4. The van der Waals surface area contributed by atoms with Crippen LogP contribution in [0.15, 0.2) is 36.4 Å². The van der Waals surface area contributed by atoms with Crippen molar-refractivity contribution in [1.82, 2.24) is 4.90 Å². The van der Waals surface area contributed by atoms with Crippen LogP contribution in [0.2, 0.25) is 0 Å². The summed E-state index contributed by atoms with van der Waals surface area (Å²) in [7, 11) is 0. The molecule has 1 N–H and O–H groups in total. The Kier molecular flexibility index (Phi) is 8.02. The highest BCUT2D eigenvalue weighted by Gasteiger charge is 2.31. The third-order valence-corrected chi connectivity index (χ3v) is 5.24. The Labute approximate surface area is 188 Å². The SMILES string of the molecule is Cc1cc(C)c(C(=O)O)c(C)c1COC(=O)N(CC(=O)OCc1ccccc1)C(C)(C)C. The van der Waals surface area contributed by atoms with Crippen molar-refractivity contribution in [1.29, 1.82) is 0 Å². The minimum atomic E-state index is -1.02. The molecule has 0 unspecified atom stereocenters. The normalized spacial score (nSPS) is 11.1. The van der Waals surface area contributed by atoms with E-state index in [0.717, 1.165) is 11.1 Å². The topological polar surface area (TPSA) is 93.1 Å². The minimum absolute atomic E-state index is 0.0945. The van der Waals surface area contributed by atoms with Crippen molar-refractivity contribution in [3.8, 4) is 0 Å². The molecule has 0 bridgehead atoms. The smallest absolute Gasteiger partial charge is 0.411 e. The van der Waals surface area contributed by atoms with Crippen molar-refractivity contribution in [2.45, 2.75) is 60.3 Å². The third kappa shape index (κ3) is 6.33. The van der Waals surface area contributed by atoms with Gasteiger partial charge in [0.1, 0.15) is 19.8 Å². The number of benzene rings is 2. The summed E-state index contributed by atoms with van der Waals surface area (Å²) in [6.07, 6.45) is -0.676. The van der Waals surface area contributed by atoms with Gasteiger partial charge in [-0.05, 0) is 69.4 Å². The molecule has 0 saturated carbocycles. The van der Waals surface area contributed by atoms with Gasteiger partial charge >= 0.3 is 18.0 Å². The number of carboxylic acid groups (broad SMARTS) is 1. The molecular weight excluding hydrogens is 410 g/mol. The largest absolute Gasteiger partial charge is 0.478 e. The van der Waals surface area contributed by atoms with Gasteiger partial charge < -0.3 is 14.6 Å². The maximum Gasteiger partial charge on any atom is 0.411 e. The molecule has 7 nitrogen and oxygen atoms in total. The lowest BCUT2D eigenvalue weighted by molar-refractivity contribution is -0.147. The van der Waals surface area contributed by atoms with E-state index in [2.05, 4.69) is 0 Å². The number of aryl methyl sites for hydroxylation is 2. The second kappa shape index (κ2) is 10.3. The van der Waals surface area contributed by atoms with Crippen LogP contribution in [0, 0.1) is 20.8 Å². The molecule has 1 amide bonds. The van der Waals surface area contributed by atoms with Crippen molar-refractivity contribution in [3.63, 3.8) is 0 Å². The van der Waals surface area contributed by atoms with Gasteiger partial charge in [-0.3, -0.25) is 9.69 Å². The number of carbonyl (C=O) groups is 3. The van der Waals surface area contributed by atoms with Gasteiger partial charge in [-0.2, -0.15) is 0 Å². The standard InChI is InChI=1S/C25H31NO6/c1-16-12-17(2)22(23(28)29)18(3)20(16)15-32-24(30)26(25(4,5)6)13-21(27)31-14-19-10-8-7-9-11-19/h7-12H,13-15H2,1-6H3,(H,28,29). The summed E-state index contributed by atoms with van der Waals surface area (Å²) in [5.74, 6) is -1.57. The number of nitrogens with zero attached hydrogens (tertiary/aromatic N) is 1. The maximum absolute atomic E-state index is 12.9. The first-order chi connectivity index (χ1) is 14.9. The van der Waals surface area contributed by atoms with Crippen LogP contribution in [-0.4, -0.2) is 40.1 Å². The van der Waals surface area contributed by atoms with E-state index in [9.17, 15) is 19.5 Å². The van der Waals surface area contributed by atoms with Gasteiger partial charge in [0, 0.05) is 5.54 Å². The number of carboxylic acids is 1. The van der Waals surface area contributed by atoms with Gasteiger partial charge in [-0.15, -0.1) is 0 Å². The lowest BCUT2D eigenvalue weighted by Crippen LogP contribution is -2.48. The predicted molar refractivity (Wildman–Crippen MR) is 120 cm³/mol. The highest BCUT2D eigenvalue weighted by Crippen LogP contribution is 2.24. The molecule has 2 aromatic rings. The summed E-state index contributed by atoms with van der Waals surface area (Å²) in [4.78, 5) is 38.1. The number of hydrogen-bond donors (Lipinski definition) is 1. The van der Waals surface area contributed by atoms with Gasteiger partial charge in [0.25, 0.3) is 0 Å². The molecule has 172 valence electrons. The highest BCUT2D eigenvalue weighted by molar-refractivity contribution is 5.91. The Bertz CT molecular complexity index is 992. The summed E-state index contributed by atoms with van der Waals surface area (Å²) in [5, 5.41) is 9.50. The fourth-order valence-electron chi connectivity index (χ4n) is 3.48. The number of rotatable bonds is 7. The van der Waals surface area contributed by atoms with Crippen LogP contribution in [0.1, 0.15) is 58.9 Å². The number of hydrogen-bond acceptors (Lipinski definition) is 5. The third-order valence-electron chi connectivity index (χ3n) is 5.24. The van der Waals surface area contributed by atoms with Crippen LogP contribution in [0.4, 0.5) is 4.79 Å². The monoisotopic (exact) mass is 441 g/mol. The second-order valence-corrected chi connectivity index (χ2v) is 8.75. The van der Waals surface area contributed by atoms with Crippen LogP contribution in [-0.2, 0) is 27.5 Å². The Morgan fingerprint density at radius 3 is 2.12 bits per heavy atom. The summed E-state index contributed by atoms with van der Waals surface area (Å²) < 4.78 is 10.8. The lowest BCUT2D eigenvalue weighted by atomic mass is 9.94. The molecule has 0 radical (unpaired) electrons. The minimum Gasteiger partial charge on any atom is -0.478 e. The van der Waals surface area contributed by atoms with Crippen LogP contribution >= 0.6 is 0 Å². The van der Waals surface area contributed by atoms with E-state index < -0.39 is 23.6 Å². The molecule has 0 aliphatic rings. The zero-order chi connectivity index (χ0) is 24.1. The van der Waals surface area contributed by atoms with Crippen molar-refractivity contribution < 1.29 is 29.0 Å². The Morgan fingerprint density at radius 1 is 0.938 bits per heavy atom.